The monoisotopic (exact) mass is 569 g/mol. The third-order valence-electron chi connectivity index (χ3n) is 6.77. The third kappa shape index (κ3) is 6.31. The average molecular weight is 570 g/mol. The number of rotatable bonds is 7. The number of carbonyl (C=O) groups is 1. The Morgan fingerprint density at radius 3 is 2.12 bits per heavy atom. The van der Waals surface area contributed by atoms with E-state index in [2.05, 4.69) is 4.98 Å². The number of ether oxygens (including phenoxy) is 1. The van der Waals surface area contributed by atoms with Crippen molar-refractivity contribution >= 4 is 28.5 Å². The molecule has 1 N–H and O–H groups in total. The molecule has 8 heteroatoms. The summed E-state index contributed by atoms with van der Waals surface area (Å²) in [4.78, 5) is 16.9. The van der Waals surface area contributed by atoms with Gasteiger partial charge in [-0.3, -0.25) is 4.98 Å². The van der Waals surface area contributed by atoms with Crippen molar-refractivity contribution in [1.82, 2.24) is 4.98 Å². The van der Waals surface area contributed by atoms with Gasteiger partial charge in [-0.2, -0.15) is 13.2 Å². The Hall–Kier alpha value is -3.42. The molecule has 4 aromatic rings. The minimum atomic E-state index is -4.49. The molecule has 4 rings (SSSR count). The topological polar surface area (TPSA) is 59.4 Å². The second-order valence-corrected chi connectivity index (χ2v) is 11.3. The zero-order valence-corrected chi connectivity index (χ0v) is 23.5. The van der Waals surface area contributed by atoms with E-state index < -0.39 is 34.8 Å². The zero-order chi connectivity index (χ0) is 29.3. The first-order valence-electron chi connectivity index (χ1n) is 13.0. The second kappa shape index (κ2) is 11.2. The first-order chi connectivity index (χ1) is 18.7. The predicted octanol–water partition coefficient (Wildman–Crippen LogP) is 8.68. The van der Waals surface area contributed by atoms with E-state index in [0.717, 1.165) is 24.1 Å². The van der Waals surface area contributed by atoms with Crippen LogP contribution < -0.4 is 0 Å². The number of hydrogen-bond acceptors (Lipinski definition) is 4. The van der Waals surface area contributed by atoms with Gasteiger partial charge in [-0.25, -0.2) is 4.79 Å². The summed E-state index contributed by atoms with van der Waals surface area (Å²) in [6.07, 6.45) is -1.77. The van der Waals surface area contributed by atoms with E-state index in [1.54, 1.807) is 75.4 Å². The summed E-state index contributed by atoms with van der Waals surface area (Å²) in [7, 11) is 0. The Morgan fingerprint density at radius 2 is 1.55 bits per heavy atom. The number of alkyl halides is 3. The summed E-state index contributed by atoms with van der Waals surface area (Å²) in [6, 6.07) is 18.8. The molecule has 0 bridgehead atoms. The Bertz CT molecular complexity index is 1500. The first-order valence-corrected chi connectivity index (χ1v) is 13.4. The zero-order valence-electron chi connectivity index (χ0n) is 22.7. The van der Waals surface area contributed by atoms with Gasteiger partial charge in [-0.15, -0.1) is 0 Å². The maximum atomic E-state index is 13.3. The van der Waals surface area contributed by atoms with Crippen molar-refractivity contribution in [2.45, 2.75) is 63.8 Å². The number of halogens is 4. The average Bonchev–Trinajstić information content (AvgIpc) is 2.89. The molecule has 0 aliphatic carbocycles. The van der Waals surface area contributed by atoms with Crippen LogP contribution in [0.3, 0.4) is 0 Å². The van der Waals surface area contributed by atoms with E-state index in [1.165, 1.54) is 12.3 Å². The van der Waals surface area contributed by atoms with Gasteiger partial charge in [0.1, 0.15) is 11.2 Å². The minimum absolute atomic E-state index is 0.172. The maximum Gasteiger partial charge on any atom is 0.416 e. The highest BCUT2D eigenvalue weighted by Gasteiger charge is 2.41. The molecule has 4 nitrogen and oxygen atoms in total. The molecule has 0 aliphatic rings. The number of pyridine rings is 1. The van der Waals surface area contributed by atoms with Crippen LogP contribution in [0, 0.1) is 0 Å². The molecule has 0 fully saturated rings. The Morgan fingerprint density at radius 1 is 0.925 bits per heavy atom. The number of carbonyl (C=O) groups excluding carboxylic acids is 1. The molecule has 2 atom stereocenters. The van der Waals surface area contributed by atoms with Crippen molar-refractivity contribution in [3.63, 3.8) is 0 Å². The number of esters is 1. The number of benzene rings is 3. The second-order valence-electron chi connectivity index (χ2n) is 10.9. The Kier molecular flexibility index (Phi) is 8.29. The summed E-state index contributed by atoms with van der Waals surface area (Å²) in [5, 5.41) is 13.6. The summed E-state index contributed by atoms with van der Waals surface area (Å²) in [5.41, 5.74) is -0.725. The fourth-order valence-corrected chi connectivity index (χ4v) is 5.00. The molecular weight excluding hydrogens is 539 g/mol. The van der Waals surface area contributed by atoms with Crippen LogP contribution in [0.4, 0.5) is 13.2 Å². The maximum absolute atomic E-state index is 13.3. The standard InChI is InChI=1S/C32H31ClF3NO3/c1-5-6-27(20-7-9-21(10-8-20)29(38)40-30(2,3)4)31(39,23-13-15-26(33)16-14-23)25-17-22-11-12-24(32(34,35)36)18-28(22)37-19-25/h7-19,27,39H,5-6H2,1-4H3. The van der Waals surface area contributed by atoms with Crippen molar-refractivity contribution in [1.29, 1.82) is 0 Å². The lowest BCUT2D eigenvalue weighted by Crippen LogP contribution is -2.35. The summed E-state index contributed by atoms with van der Waals surface area (Å²) in [6.45, 7) is 7.39. The normalized spacial score (nSPS) is 14.5. The highest BCUT2D eigenvalue weighted by Crippen LogP contribution is 2.46. The van der Waals surface area contributed by atoms with Crippen LogP contribution in [0.1, 0.15) is 79.1 Å². The van der Waals surface area contributed by atoms with E-state index in [1.807, 2.05) is 6.92 Å². The smallest absolute Gasteiger partial charge is 0.416 e. The van der Waals surface area contributed by atoms with Gasteiger partial charge in [0.2, 0.25) is 0 Å². The molecule has 40 heavy (non-hydrogen) atoms. The molecular formula is C32H31ClF3NO3. The largest absolute Gasteiger partial charge is 0.456 e. The quantitative estimate of drug-likeness (QED) is 0.226. The van der Waals surface area contributed by atoms with Crippen molar-refractivity contribution < 1.29 is 27.8 Å². The third-order valence-corrected chi connectivity index (χ3v) is 7.02. The van der Waals surface area contributed by atoms with Crippen molar-refractivity contribution in [2.75, 3.05) is 0 Å². The molecule has 1 aromatic heterocycles. The molecule has 0 amide bonds. The molecule has 210 valence electrons. The van der Waals surface area contributed by atoms with Crippen LogP contribution in [0.25, 0.3) is 10.9 Å². The molecule has 0 spiro atoms. The lowest BCUT2D eigenvalue weighted by molar-refractivity contribution is -0.137. The van der Waals surface area contributed by atoms with Gasteiger partial charge in [0.05, 0.1) is 16.6 Å². The molecule has 3 aromatic carbocycles. The first kappa shape index (κ1) is 29.6. The number of hydrogen-bond donors (Lipinski definition) is 1. The van der Waals surface area contributed by atoms with Crippen LogP contribution in [0.5, 0.6) is 0 Å². The van der Waals surface area contributed by atoms with E-state index in [-0.39, 0.29) is 5.52 Å². The van der Waals surface area contributed by atoms with Gasteiger partial charge >= 0.3 is 12.1 Å². The van der Waals surface area contributed by atoms with Crippen LogP contribution in [0.15, 0.2) is 79.0 Å². The molecule has 2 unspecified atom stereocenters. The summed E-state index contributed by atoms with van der Waals surface area (Å²) in [5.74, 6) is -0.934. The van der Waals surface area contributed by atoms with Gasteiger partial charge in [-0.05, 0) is 80.8 Å². The number of aromatic nitrogens is 1. The van der Waals surface area contributed by atoms with Crippen molar-refractivity contribution in [2.24, 2.45) is 0 Å². The van der Waals surface area contributed by atoms with Gasteiger partial charge in [-0.1, -0.05) is 55.3 Å². The van der Waals surface area contributed by atoms with Crippen molar-refractivity contribution in [3.05, 3.63) is 112 Å². The molecule has 1 heterocycles. The predicted molar refractivity (Wildman–Crippen MR) is 150 cm³/mol. The van der Waals surface area contributed by atoms with Crippen LogP contribution in [-0.2, 0) is 16.5 Å². The lowest BCUT2D eigenvalue weighted by Gasteiger charge is -2.38. The molecule has 0 aliphatic heterocycles. The minimum Gasteiger partial charge on any atom is -0.456 e. The number of fused-ring (bicyclic) bond motifs is 1. The molecule has 0 saturated carbocycles. The fourth-order valence-electron chi connectivity index (χ4n) is 4.87. The lowest BCUT2D eigenvalue weighted by atomic mass is 9.71. The van der Waals surface area contributed by atoms with Crippen molar-refractivity contribution in [3.8, 4) is 0 Å². The van der Waals surface area contributed by atoms with E-state index in [9.17, 15) is 23.1 Å². The fraction of sp³-hybridized carbons (Fsp3) is 0.312. The van der Waals surface area contributed by atoms with Gasteiger partial charge in [0, 0.05) is 28.1 Å². The summed E-state index contributed by atoms with van der Waals surface area (Å²) >= 11 is 6.16. The van der Waals surface area contributed by atoms with Gasteiger partial charge < -0.3 is 9.84 Å². The number of aliphatic hydroxyl groups is 1. The highest BCUT2D eigenvalue weighted by atomic mass is 35.5. The van der Waals surface area contributed by atoms with Crippen LogP contribution >= 0.6 is 11.6 Å². The number of nitrogens with zero attached hydrogens (tertiary/aromatic N) is 1. The molecule has 0 saturated heterocycles. The van der Waals surface area contributed by atoms with E-state index in [0.29, 0.717) is 33.5 Å². The van der Waals surface area contributed by atoms with Crippen LogP contribution in [-0.4, -0.2) is 21.7 Å². The van der Waals surface area contributed by atoms with Gasteiger partial charge in [0.25, 0.3) is 0 Å². The van der Waals surface area contributed by atoms with E-state index >= 15 is 0 Å². The van der Waals surface area contributed by atoms with E-state index in [4.69, 9.17) is 16.3 Å². The van der Waals surface area contributed by atoms with Gasteiger partial charge in [0.15, 0.2) is 0 Å². The highest BCUT2D eigenvalue weighted by molar-refractivity contribution is 6.30. The SMILES string of the molecule is CCCC(c1ccc(C(=O)OC(C)(C)C)cc1)C(O)(c1ccc(Cl)cc1)c1cnc2cc(C(F)(F)F)ccc2c1. The summed E-state index contributed by atoms with van der Waals surface area (Å²) < 4.78 is 45.3. The Balaban J connectivity index is 1.84. The molecule has 0 radical (unpaired) electrons. The van der Waals surface area contributed by atoms with Crippen LogP contribution in [0.2, 0.25) is 5.02 Å². The Labute approximate surface area is 236 Å².